The van der Waals surface area contributed by atoms with Gasteiger partial charge in [0.2, 0.25) is 0 Å². The van der Waals surface area contributed by atoms with E-state index in [4.69, 9.17) is 10.8 Å². The minimum Gasteiger partial charge on any atom is -0.480 e. The summed E-state index contributed by atoms with van der Waals surface area (Å²) in [4.78, 5) is 10.6. The molecule has 0 saturated carbocycles. The molecule has 1 aromatic carbocycles. The van der Waals surface area contributed by atoms with Crippen molar-refractivity contribution in [3.63, 3.8) is 0 Å². The van der Waals surface area contributed by atoms with Crippen LogP contribution in [0.1, 0.15) is 5.56 Å². The molecule has 0 bridgehead atoms. The van der Waals surface area contributed by atoms with Gasteiger partial charge in [0.05, 0.1) is 0 Å². The fourth-order valence-corrected chi connectivity index (χ4v) is 1.45. The Labute approximate surface area is 108 Å². The van der Waals surface area contributed by atoms with Crippen molar-refractivity contribution >= 4 is 17.6 Å². The third-order valence-electron chi connectivity index (χ3n) is 2.39. The molecule has 0 fully saturated rings. The lowest BCUT2D eigenvalue weighted by atomic mass is 10.1. The Morgan fingerprint density at radius 2 is 1.89 bits per heavy atom. The fraction of sp³-hybridized carbons (Fsp3) is 0.182. The Morgan fingerprint density at radius 3 is 2.47 bits per heavy atom. The molecular weight excluding hydrogens is 248 g/mol. The highest BCUT2D eigenvalue weighted by molar-refractivity contribution is 5.73. The smallest absolute Gasteiger partial charge is 0.320 e. The maximum absolute atomic E-state index is 10.6. The normalized spacial score (nSPS) is 11.8. The van der Waals surface area contributed by atoms with Crippen LogP contribution in [0, 0.1) is 0 Å². The third kappa shape index (κ3) is 3.68. The van der Waals surface area contributed by atoms with Gasteiger partial charge in [0, 0.05) is 5.69 Å². The number of rotatable bonds is 5. The first-order chi connectivity index (χ1) is 9.15. The first-order valence-corrected chi connectivity index (χ1v) is 5.50. The van der Waals surface area contributed by atoms with Crippen LogP contribution >= 0.6 is 0 Å². The number of hydrogen-bond acceptors (Lipinski definition) is 7. The molecule has 1 atom stereocenters. The standard InChI is InChI=1S/C11H12N6O2/c12-9(10(18)19)5-7-1-3-8(4-2-7)15-11-16-13-6-14-17-11/h1-4,6,9H,5,12H2,(H,18,19)(H,15,16,17). The fourth-order valence-electron chi connectivity index (χ4n) is 1.45. The molecule has 8 nitrogen and oxygen atoms in total. The lowest BCUT2D eigenvalue weighted by Gasteiger charge is -2.07. The van der Waals surface area contributed by atoms with Gasteiger partial charge >= 0.3 is 5.97 Å². The minimum atomic E-state index is -1.02. The zero-order chi connectivity index (χ0) is 13.7. The zero-order valence-electron chi connectivity index (χ0n) is 9.89. The van der Waals surface area contributed by atoms with Crippen molar-refractivity contribution < 1.29 is 9.90 Å². The van der Waals surface area contributed by atoms with E-state index in [9.17, 15) is 4.79 Å². The number of hydrogen-bond donors (Lipinski definition) is 3. The average Bonchev–Trinajstić information content (AvgIpc) is 2.42. The monoisotopic (exact) mass is 260 g/mol. The Balaban J connectivity index is 2.01. The van der Waals surface area contributed by atoms with Crippen molar-refractivity contribution in [1.82, 2.24) is 20.4 Å². The van der Waals surface area contributed by atoms with Crippen LogP contribution in [0.25, 0.3) is 0 Å². The van der Waals surface area contributed by atoms with Crippen molar-refractivity contribution in [3.05, 3.63) is 36.2 Å². The van der Waals surface area contributed by atoms with Gasteiger partial charge in [0.15, 0.2) is 6.33 Å². The van der Waals surface area contributed by atoms with Crippen LogP contribution in [-0.2, 0) is 11.2 Å². The molecule has 1 heterocycles. The van der Waals surface area contributed by atoms with E-state index < -0.39 is 12.0 Å². The summed E-state index contributed by atoms with van der Waals surface area (Å²) in [5, 5.41) is 26.3. The topological polar surface area (TPSA) is 127 Å². The number of carboxylic acid groups (broad SMARTS) is 1. The number of nitrogens with two attached hydrogens (primary N) is 1. The Hall–Kier alpha value is -2.61. The van der Waals surface area contributed by atoms with Crippen LogP contribution in [-0.4, -0.2) is 37.5 Å². The number of nitrogens with one attached hydrogen (secondary N) is 1. The van der Waals surface area contributed by atoms with Crippen LogP contribution in [0.15, 0.2) is 30.6 Å². The van der Waals surface area contributed by atoms with E-state index in [0.717, 1.165) is 11.3 Å². The van der Waals surface area contributed by atoms with Gasteiger partial charge in [0.1, 0.15) is 6.04 Å². The van der Waals surface area contributed by atoms with Gasteiger partial charge < -0.3 is 16.2 Å². The summed E-state index contributed by atoms with van der Waals surface area (Å²) in [5.41, 5.74) is 7.05. The summed E-state index contributed by atoms with van der Waals surface area (Å²) < 4.78 is 0. The highest BCUT2D eigenvalue weighted by Gasteiger charge is 2.11. The van der Waals surface area contributed by atoms with Crippen molar-refractivity contribution in [2.75, 3.05) is 5.32 Å². The molecule has 2 rings (SSSR count). The molecule has 4 N–H and O–H groups in total. The first kappa shape index (κ1) is 12.8. The minimum absolute atomic E-state index is 0.278. The van der Waals surface area contributed by atoms with Gasteiger partial charge in [-0.15, -0.1) is 20.4 Å². The molecule has 2 aromatic rings. The maximum Gasteiger partial charge on any atom is 0.320 e. The van der Waals surface area contributed by atoms with Gasteiger partial charge in [-0.05, 0) is 24.1 Å². The van der Waals surface area contributed by atoms with Crippen LogP contribution in [0.3, 0.4) is 0 Å². The second-order valence-corrected chi connectivity index (χ2v) is 3.84. The van der Waals surface area contributed by atoms with E-state index >= 15 is 0 Å². The summed E-state index contributed by atoms with van der Waals surface area (Å²) in [5.74, 6) is -0.727. The highest BCUT2D eigenvalue weighted by atomic mass is 16.4. The predicted molar refractivity (Wildman–Crippen MR) is 66.7 cm³/mol. The van der Waals surface area contributed by atoms with Crippen LogP contribution in [0.2, 0.25) is 0 Å². The molecule has 19 heavy (non-hydrogen) atoms. The maximum atomic E-state index is 10.6. The van der Waals surface area contributed by atoms with Gasteiger partial charge in [-0.25, -0.2) is 0 Å². The summed E-state index contributed by atoms with van der Waals surface area (Å²) in [6, 6.07) is 6.23. The largest absolute Gasteiger partial charge is 0.480 e. The second-order valence-electron chi connectivity index (χ2n) is 3.84. The highest BCUT2D eigenvalue weighted by Crippen LogP contribution is 2.13. The van der Waals surface area contributed by atoms with Gasteiger partial charge in [-0.2, -0.15) is 0 Å². The second kappa shape index (κ2) is 5.83. The third-order valence-corrected chi connectivity index (χ3v) is 2.39. The molecule has 1 unspecified atom stereocenters. The van der Waals surface area contributed by atoms with Crippen molar-refractivity contribution in [3.8, 4) is 0 Å². The summed E-state index contributed by atoms with van der Waals surface area (Å²) in [6.07, 6.45) is 1.52. The number of nitrogens with zero attached hydrogens (tertiary/aromatic N) is 4. The quantitative estimate of drug-likeness (QED) is 0.683. The van der Waals surface area contributed by atoms with Crippen LogP contribution in [0.5, 0.6) is 0 Å². The number of benzene rings is 1. The Bertz CT molecular complexity index is 545. The molecular formula is C11H12N6O2. The van der Waals surface area contributed by atoms with E-state index in [1.54, 1.807) is 24.3 Å². The van der Waals surface area contributed by atoms with Gasteiger partial charge in [-0.1, -0.05) is 12.1 Å². The number of carboxylic acids is 1. The summed E-state index contributed by atoms with van der Waals surface area (Å²) in [7, 11) is 0. The lowest BCUT2D eigenvalue weighted by molar-refractivity contribution is -0.138. The molecule has 8 heteroatoms. The lowest BCUT2D eigenvalue weighted by Crippen LogP contribution is -2.32. The Morgan fingerprint density at radius 1 is 1.26 bits per heavy atom. The SMILES string of the molecule is NC(Cc1ccc(Nc2nncnn2)cc1)C(=O)O. The van der Waals surface area contributed by atoms with Gasteiger partial charge in [0.25, 0.3) is 5.95 Å². The predicted octanol–water partition coefficient (Wildman–Crippen LogP) is -0.0354. The number of anilines is 2. The number of aromatic nitrogens is 4. The summed E-state index contributed by atoms with van der Waals surface area (Å²) >= 11 is 0. The molecule has 0 aliphatic heterocycles. The number of carbonyl (C=O) groups is 1. The molecule has 0 radical (unpaired) electrons. The molecule has 0 spiro atoms. The van der Waals surface area contributed by atoms with Crippen molar-refractivity contribution in [2.45, 2.75) is 12.5 Å². The van der Waals surface area contributed by atoms with Crippen LogP contribution < -0.4 is 11.1 Å². The van der Waals surface area contributed by atoms with E-state index in [-0.39, 0.29) is 12.4 Å². The van der Waals surface area contributed by atoms with E-state index in [2.05, 4.69) is 25.7 Å². The number of aliphatic carboxylic acids is 1. The molecule has 98 valence electrons. The van der Waals surface area contributed by atoms with E-state index in [1.807, 2.05) is 0 Å². The molecule has 0 amide bonds. The van der Waals surface area contributed by atoms with Gasteiger partial charge in [-0.3, -0.25) is 4.79 Å². The molecule has 1 aromatic heterocycles. The Kier molecular flexibility index (Phi) is 3.94. The molecule has 0 aliphatic carbocycles. The van der Waals surface area contributed by atoms with E-state index in [1.165, 1.54) is 6.33 Å². The summed E-state index contributed by atoms with van der Waals surface area (Å²) in [6.45, 7) is 0. The van der Waals surface area contributed by atoms with E-state index in [0.29, 0.717) is 0 Å². The van der Waals surface area contributed by atoms with Crippen molar-refractivity contribution in [1.29, 1.82) is 0 Å². The van der Waals surface area contributed by atoms with Crippen molar-refractivity contribution in [2.24, 2.45) is 5.73 Å². The molecule has 0 saturated heterocycles. The van der Waals surface area contributed by atoms with Crippen LogP contribution in [0.4, 0.5) is 11.6 Å². The first-order valence-electron chi connectivity index (χ1n) is 5.50. The molecule has 0 aliphatic rings. The zero-order valence-corrected chi connectivity index (χ0v) is 9.89. The average molecular weight is 260 g/mol.